The van der Waals surface area contributed by atoms with Gasteiger partial charge in [0.1, 0.15) is 0 Å². The number of aliphatic carboxylic acids is 1. The van der Waals surface area contributed by atoms with Crippen LogP contribution in [0.3, 0.4) is 0 Å². The van der Waals surface area contributed by atoms with E-state index in [1.807, 2.05) is 6.92 Å². The number of nitrogens with one attached hydrogen (secondary N) is 1. The van der Waals surface area contributed by atoms with Gasteiger partial charge in [0.05, 0.1) is 19.1 Å². The van der Waals surface area contributed by atoms with Crippen LogP contribution in [-0.4, -0.2) is 54.4 Å². The average molecular weight is 244 g/mol. The van der Waals surface area contributed by atoms with Crippen LogP contribution in [0.5, 0.6) is 0 Å². The number of rotatable bonds is 5. The molecule has 0 aromatic carbocycles. The smallest absolute Gasteiger partial charge is 0.317 e. The largest absolute Gasteiger partial charge is 0.481 e. The minimum absolute atomic E-state index is 0.0444. The second-order valence-electron chi connectivity index (χ2n) is 4.28. The van der Waals surface area contributed by atoms with Gasteiger partial charge >= 0.3 is 12.0 Å². The Kier molecular flexibility index (Phi) is 5.21. The van der Waals surface area contributed by atoms with Crippen LogP contribution in [-0.2, 0) is 9.53 Å². The molecule has 0 aliphatic carbocycles. The summed E-state index contributed by atoms with van der Waals surface area (Å²) in [5.41, 5.74) is 0. The fraction of sp³-hybridized carbons (Fsp3) is 0.818. The zero-order valence-corrected chi connectivity index (χ0v) is 10.3. The molecule has 6 heteroatoms. The zero-order valence-electron chi connectivity index (χ0n) is 10.3. The maximum Gasteiger partial charge on any atom is 0.317 e. The van der Waals surface area contributed by atoms with E-state index in [1.165, 1.54) is 0 Å². The van der Waals surface area contributed by atoms with Crippen molar-refractivity contribution in [2.24, 2.45) is 0 Å². The van der Waals surface area contributed by atoms with Crippen LogP contribution in [0.2, 0.25) is 0 Å². The summed E-state index contributed by atoms with van der Waals surface area (Å²) in [7, 11) is 1.71. The van der Waals surface area contributed by atoms with Crippen LogP contribution in [0, 0.1) is 0 Å². The van der Waals surface area contributed by atoms with Crippen molar-refractivity contribution in [2.75, 3.05) is 20.3 Å². The van der Waals surface area contributed by atoms with Gasteiger partial charge in [-0.15, -0.1) is 0 Å². The van der Waals surface area contributed by atoms with E-state index in [0.717, 1.165) is 6.42 Å². The van der Waals surface area contributed by atoms with Crippen LogP contribution >= 0.6 is 0 Å². The molecule has 2 atom stereocenters. The first kappa shape index (κ1) is 13.8. The first-order chi connectivity index (χ1) is 8.04. The van der Waals surface area contributed by atoms with Crippen molar-refractivity contribution in [3.05, 3.63) is 0 Å². The molecule has 1 aliphatic rings. The van der Waals surface area contributed by atoms with Crippen LogP contribution < -0.4 is 5.32 Å². The number of carboxylic acids is 1. The van der Waals surface area contributed by atoms with E-state index in [0.29, 0.717) is 19.6 Å². The molecule has 2 unspecified atom stereocenters. The van der Waals surface area contributed by atoms with Gasteiger partial charge < -0.3 is 20.1 Å². The monoisotopic (exact) mass is 244 g/mol. The number of hydrogen-bond acceptors (Lipinski definition) is 3. The number of urea groups is 1. The first-order valence-corrected chi connectivity index (χ1v) is 5.87. The minimum atomic E-state index is -0.899. The summed E-state index contributed by atoms with van der Waals surface area (Å²) in [6.45, 7) is 3.08. The maximum atomic E-state index is 11.8. The van der Waals surface area contributed by atoms with E-state index in [2.05, 4.69) is 5.32 Å². The summed E-state index contributed by atoms with van der Waals surface area (Å²) in [6.07, 6.45) is 1.39. The lowest BCUT2D eigenvalue weighted by Gasteiger charge is -2.26. The van der Waals surface area contributed by atoms with Gasteiger partial charge in [-0.1, -0.05) is 6.92 Å². The number of amides is 2. The fourth-order valence-corrected chi connectivity index (χ4v) is 1.78. The molecule has 0 spiro atoms. The van der Waals surface area contributed by atoms with Gasteiger partial charge in [0.2, 0.25) is 0 Å². The van der Waals surface area contributed by atoms with Crippen LogP contribution in [0.4, 0.5) is 4.79 Å². The molecule has 1 fully saturated rings. The molecule has 1 saturated heterocycles. The van der Waals surface area contributed by atoms with E-state index in [-0.39, 0.29) is 24.5 Å². The molecular formula is C11H20N2O4. The Hall–Kier alpha value is -1.30. The summed E-state index contributed by atoms with van der Waals surface area (Å²) in [5.74, 6) is -0.899. The molecule has 0 aromatic rings. The fourth-order valence-electron chi connectivity index (χ4n) is 1.78. The normalized spacial score (nSPS) is 20.9. The predicted octanol–water partition coefficient (Wildman–Crippen LogP) is 0.670. The third-order valence-corrected chi connectivity index (χ3v) is 3.02. The van der Waals surface area contributed by atoms with E-state index >= 15 is 0 Å². The number of carbonyl (C=O) groups excluding carboxylic acids is 1. The molecule has 0 bridgehead atoms. The number of ether oxygens (including phenoxy) is 1. The lowest BCUT2D eigenvalue weighted by Crippen LogP contribution is -2.47. The summed E-state index contributed by atoms with van der Waals surface area (Å²) in [5, 5.41) is 11.4. The highest BCUT2D eigenvalue weighted by atomic mass is 16.5. The third kappa shape index (κ3) is 4.22. The van der Waals surface area contributed by atoms with E-state index in [1.54, 1.807) is 11.9 Å². The molecule has 0 aromatic heterocycles. The number of nitrogens with zero attached hydrogens (tertiary/aromatic N) is 1. The molecule has 2 N–H and O–H groups in total. The molecule has 1 aliphatic heterocycles. The van der Waals surface area contributed by atoms with Gasteiger partial charge in [0.15, 0.2) is 0 Å². The average Bonchev–Trinajstić information content (AvgIpc) is 2.79. The molecule has 17 heavy (non-hydrogen) atoms. The number of carboxylic acid groups (broad SMARTS) is 1. The predicted molar refractivity (Wildman–Crippen MR) is 61.9 cm³/mol. The Labute approximate surface area is 101 Å². The van der Waals surface area contributed by atoms with Gasteiger partial charge in [0, 0.05) is 19.7 Å². The van der Waals surface area contributed by atoms with E-state index in [4.69, 9.17) is 9.84 Å². The SMILES string of the molecule is CCC(CC(=O)O)NC(=O)N(C)C1CCOC1. The molecule has 0 radical (unpaired) electrons. The topological polar surface area (TPSA) is 78.9 Å². The van der Waals surface area contributed by atoms with Crippen LogP contribution in [0.25, 0.3) is 0 Å². The highest BCUT2D eigenvalue weighted by Gasteiger charge is 2.25. The van der Waals surface area contributed by atoms with E-state index < -0.39 is 5.97 Å². The number of hydrogen-bond donors (Lipinski definition) is 2. The second-order valence-corrected chi connectivity index (χ2v) is 4.28. The van der Waals surface area contributed by atoms with Gasteiger partial charge in [-0.2, -0.15) is 0 Å². The van der Waals surface area contributed by atoms with Crippen molar-refractivity contribution in [2.45, 2.75) is 38.3 Å². The summed E-state index contributed by atoms with van der Waals surface area (Å²) in [6, 6.07) is -0.448. The van der Waals surface area contributed by atoms with Crippen molar-refractivity contribution in [3.8, 4) is 0 Å². The highest BCUT2D eigenvalue weighted by molar-refractivity contribution is 5.76. The van der Waals surface area contributed by atoms with E-state index in [9.17, 15) is 9.59 Å². The quantitative estimate of drug-likeness (QED) is 0.745. The van der Waals surface area contributed by atoms with Crippen LogP contribution in [0.1, 0.15) is 26.2 Å². The molecule has 1 heterocycles. The number of likely N-dealkylation sites (N-methyl/N-ethyl adjacent to an activating group) is 1. The van der Waals surface area contributed by atoms with Crippen LogP contribution in [0.15, 0.2) is 0 Å². The lowest BCUT2D eigenvalue weighted by atomic mass is 10.1. The molecule has 1 rings (SSSR count). The molecule has 0 saturated carbocycles. The van der Waals surface area contributed by atoms with Crippen molar-refractivity contribution in [1.29, 1.82) is 0 Å². The maximum absolute atomic E-state index is 11.8. The summed E-state index contributed by atoms with van der Waals surface area (Å²) in [4.78, 5) is 24.0. The van der Waals surface area contributed by atoms with Crippen molar-refractivity contribution in [3.63, 3.8) is 0 Å². The Morgan fingerprint density at radius 3 is 2.76 bits per heavy atom. The van der Waals surface area contributed by atoms with Gasteiger partial charge in [-0.25, -0.2) is 4.79 Å². The Morgan fingerprint density at radius 2 is 2.29 bits per heavy atom. The van der Waals surface area contributed by atoms with Crippen molar-refractivity contribution < 1.29 is 19.4 Å². The van der Waals surface area contributed by atoms with Gasteiger partial charge in [-0.3, -0.25) is 4.79 Å². The van der Waals surface area contributed by atoms with Crippen molar-refractivity contribution >= 4 is 12.0 Å². The number of carbonyl (C=O) groups is 2. The Bertz CT molecular complexity index is 277. The third-order valence-electron chi connectivity index (χ3n) is 3.02. The lowest BCUT2D eigenvalue weighted by molar-refractivity contribution is -0.137. The summed E-state index contributed by atoms with van der Waals surface area (Å²) < 4.78 is 5.21. The zero-order chi connectivity index (χ0) is 12.8. The first-order valence-electron chi connectivity index (χ1n) is 5.87. The summed E-state index contributed by atoms with van der Waals surface area (Å²) >= 11 is 0. The second kappa shape index (κ2) is 6.44. The Balaban J connectivity index is 2.42. The van der Waals surface area contributed by atoms with Gasteiger partial charge in [0.25, 0.3) is 0 Å². The van der Waals surface area contributed by atoms with Crippen molar-refractivity contribution in [1.82, 2.24) is 10.2 Å². The molecule has 2 amide bonds. The molecular weight excluding hydrogens is 224 g/mol. The molecule has 6 nitrogen and oxygen atoms in total. The molecule has 98 valence electrons. The van der Waals surface area contributed by atoms with Gasteiger partial charge in [-0.05, 0) is 12.8 Å². The Morgan fingerprint density at radius 1 is 1.59 bits per heavy atom. The standard InChI is InChI=1S/C11H20N2O4/c1-3-8(6-10(14)15)12-11(16)13(2)9-4-5-17-7-9/h8-9H,3-7H2,1-2H3,(H,12,16)(H,14,15). The minimum Gasteiger partial charge on any atom is -0.481 e. The highest BCUT2D eigenvalue weighted by Crippen LogP contribution is 2.11.